The van der Waals surface area contributed by atoms with E-state index in [0.717, 1.165) is 32.6 Å². The number of nitrogens with one attached hydrogen (secondary N) is 1. The number of alkyl halides is 2. The summed E-state index contributed by atoms with van der Waals surface area (Å²) in [5.74, 6) is -4.16. The topological polar surface area (TPSA) is 47.6 Å². The molecule has 17 heavy (non-hydrogen) atoms. The van der Waals surface area contributed by atoms with Gasteiger partial charge in [0.25, 0.3) is 0 Å². The third-order valence-electron chi connectivity index (χ3n) is 3.20. The Labute approximate surface area is 98.6 Å². The van der Waals surface area contributed by atoms with Gasteiger partial charge >= 0.3 is 11.9 Å². The fraction of sp³-hybridized carbons (Fsp3) is 0.909. The Hall–Kier alpha value is -0.750. The number of halogens is 2. The van der Waals surface area contributed by atoms with Crippen molar-refractivity contribution in [1.29, 1.82) is 0 Å². The number of esters is 1. The Bertz CT molecular complexity index is 280. The number of rotatable bonds is 4. The van der Waals surface area contributed by atoms with Gasteiger partial charge in [0.05, 0.1) is 6.42 Å². The van der Waals surface area contributed by atoms with E-state index in [1.807, 2.05) is 0 Å². The smallest absolute Gasteiger partial charge is 0.377 e. The lowest BCUT2D eigenvalue weighted by Gasteiger charge is -2.22. The van der Waals surface area contributed by atoms with Crippen LogP contribution in [-0.2, 0) is 14.3 Å². The summed E-state index contributed by atoms with van der Waals surface area (Å²) < 4.78 is 35.5. The second kappa shape index (κ2) is 5.27. The zero-order valence-electron chi connectivity index (χ0n) is 9.59. The molecule has 0 spiro atoms. The summed E-state index contributed by atoms with van der Waals surface area (Å²) in [5.41, 5.74) is 0. The Morgan fingerprint density at radius 1 is 1.29 bits per heavy atom. The zero-order chi connectivity index (χ0) is 12.3. The van der Waals surface area contributed by atoms with Gasteiger partial charge in [-0.05, 0) is 25.3 Å². The van der Waals surface area contributed by atoms with Crippen LogP contribution >= 0.6 is 0 Å². The van der Waals surface area contributed by atoms with Crippen molar-refractivity contribution in [3.05, 3.63) is 0 Å². The van der Waals surface area contributed by atoms with Crippen LogP contribution < -0.4 is 5.32 Å². The monoisotopic (exact) mass is 249 g/mol. The van der Waals surface area contributed by atoms with E-state index in [-0.39, 0.29) is 0 Å². The van der Waals surface area contributed by atoms with Gasteiger partial charge in [-0.1, -0.05) is 0 Å². The lowest BCUT2D eigenvalue weighted by molar-refractivity contribution is -0.159. The number of ether oxygens (including phenoxy) is 2. The van der Waals surface area contributed by atoms with Gasteiger partial charge in [-0.15, -0.1) is 0 Å². The van der Waals surface area contributed by atoms with E-state index in [1.54, 1.807) is 0 Å². The summed E-state index contributed by atoms with van der Waals surface area (Å²) in [6.07, 6.45) is 0.783. The van der Waals surface area contributed by atoms with Crippen molar-refractivity contribution in [2.75, 3.05) is 26.3 Å². The fourth-order valence-corrected chi connectivity index (χ4v) is 2.16. The van der Waals surface area contributed by atoms with Gasteiger partial charge < -0.3 is 14.8 Å². The minimum Gasteiger partial charge on any atom is -0.456 e. The third-order valence-corrected chi connectivity index (χ3v) is 3.20. The van der Waals surface area contributed by atoms with Gasteiger partial charge in [0, 0.05) is 19.8 Å². The molecule has 0 amide bonds. The van der Waals surface area contributed by atoms with Crippen molar-refractivity contribution in [2.45, 2.75) is 31.3 Å². The molecule has 2 saturated heterocycles. The van der Waals surface area contributed by atoms with Crippen LogP contribution in [0.25, 0.3) is 0 Å². The van der Waals surface area contributed by atoms with E-state index < -0.39 is 24.4 Å². The summed E-state index contributed by atoms with van der Waals surface area (Å²) in [6.45, 7) is 2.60. The van der Waals surface area contributed by atoms with Gasteiger partial charge in [-0.2, -0.15) is 8.78 Å². The number of hydrogen-bond donors (Lipinski definition) is 1. The number of carbonyl (C=O) groups is 1. The number of carbonyl (C=O) groups excluding carboxylic acids is 1. The molecule has 1 unspecified atom stereocenters. The Kier molecular flexibility index (Phi) is 3.93. The maximum absolute atomic E-state index is 12.9. The normalized spacial score (nSPS) is 29.3. The summed E-state index contributed by atoms with van der Waals surface area (Å²) >= 11 is 0. The molecule has 2 heterocycles. The SMILES string of the molecule is O=C1OC(CNCC2CCOCC2)CC1(F)F. The molecule has 2 fully saturated rings. The molecule has 0 bridgehead atoms. The largest absolute Gasteiger partial charge is 0.456 e. The molecule has 2 aliphatic rings. The molecule has 6 heteroatoms. The van der Waals surface area contributed by atoms with E-state index in [4.69, 9.17) is 4.74 Å². The molecule has 0 radical (unpaired) electrons. The predicted octanol–water partition coefficient (Wildman–Crippen LogP) is 0.953. The molecule has 0 aromatic carbocycles. The molecular weight excluding hydrogens is 232 g/mol. The van der Waals surface area contributed by atoms with E-state index >= 15 is 0 Å². The van der Waals surface area contributed by atoms with Crippen LogP contribution in [0, 0.1) is 5.92 Å². The summed E-state index contributed by atoms with van der Waals surface area (Å²) in [6, 6.07) is 0. The lowest BCUT2D eigenvalue weighted by Crippen LogP contribution is -2.33. The Balaban J connectivity index is 1.64. The predicted molar refractivity (Wildman–Crippen MR) is 55.9 cm³/mol. The first-order valence-electron chi connectivity index (χ1n) is 5.95. The van der Waals surface area contributed by atoms with E-state index in [9.17, 15) is 13.6 Å². The average Bonchev–Trinajstić information content (AvgIpc) is 2.54. The highest BCUT2D eigenvalue weighted by Crippen LogP contribution is 2.30. The van der Waals surface area contributed by atoms with E-state index in [2.05, 4.69) is 10.1 Å². The molecule has 1 N–H and O–H groups in total. The molecule has 2 rings (SSSR count). The molecule has 98 valence electrons. The van der Waals surface area contributed by atoms with Gasteiger partial charge in [-0.3, -0.25) is 0 Å². The van der Waals surface area contributed by atoms with Crippen LogP contribution in [-0.4, -0.2) is 44.3 Å². The molecule has 0 aromatic heterocycles. The second-order valence-corrected chi connectivity index (χ2v) is 4.65. The first-order valence-corrected chi connectivity index (χ1v) is 5.95. The molecule has 0 saturated carbocycles. The molecule has 1 atom stereocenters. The summed E-state index contributed by atoms with van der Waals surface area (Å²) in [5, 5.41) is 3.09. The molecule has 0 aromatic rings. The number of hydrogen-bond acceptors (Lipinski definition) is 4. The first kappa shape index (κ1) is 12.7. The first-order chi connectivity index (χ1) is 8.08. The van der Waals surface area contributed by atoms with Crippen molar-refractivity contribution in [3.63, 3.8) is 0 Å². The molecule has 0 aliphatic carbocycles. The van der Waals surface area contributed by atoms with Crippen molar-refractivity contribution >= 4 is 5.97 Å². The summed E-state index contributed by atoms with van der Waals surface area (Å²) in [7, 11) is 0. The van der Waals surface area contributed by atoms with Gasteiger partial charge in [-0.25, -0.2) is 4.79 Å². The van der Waals surface area contributed by atoms with Gasteiger partial charge in [0.1, 0.15) is 6.10 Å². The van der Waals surface area contributed by atoms with Crippen molar-refractivity contribution in [1.82, 2.24) is 5.32 Å². The molecule has 2 aliphatic heterocycles. The van der Waals surface area contributed by atoms with Crippen LogP contribution in [0.5, 0.6) is 0 Å². The van der Waals surface area contributed by atoms with Crippen molar-refractivity contribution in [2.24, 2.45) is 5.92 Å². The number of cyclic esters (lactones) is 1. The molecular formula is C11H17F2NO3. The minimum absolute atomic E-state index is 0.304. The Morgan fingerprint density at radius 2 is 2.00 bits per heavy atom. The summed E-state index contributed by atoms with van der Waals surface area (Å²) in [4.78, 5) is 10.8. The van der Waals surface area contributed by atoms with Crippen LogP contribution in [0.2, 0.25) is 0 Å². The quantitative estimate of drug-likeness (QED) is 0.754. The van der Waals surface area contributed by atoms with Crippen molar-refractivity contribution in [3.8, 4) is 0 Å². The Morgan fingerprint density at radius 3 is 2.59 bits per heavy atom. The van der Waals surface area contributed by atoms with Crippen LogP contribution in [0.4, 0.5) is 8.78 Å². The third kappa shape index (κ3) is 3.35. The standard InChI is InChI=1S/C11H17F2NO3/c12-11(13)5-9(17-10(11)15)7-14-6-8-1-3-16-4-2-8/h8-9,14H,1-7H2. The van der Waals surface area contributed by atoms with Gasteiger partial charge in [0.2, 0.25) is 0 Å². The fourth-order valence-electron chi connectivity index (χ4n) is 2.16. The molecule has 4 nitrogen and oxygen atoms in total. The van der Waals surface area contributed by atoms with Crippen LogP contribution in [0.3, 0.4) is 0 Å². The highest BCUT2D eigenvalue weighted by atomic mass is 19.3. The lowest BCUT2D eigenvalue weighted by atomic mass is 10.0. The highest BCUT2D eigenvalue weighted by molar-refractivity contribution is 5.79. The van der Waals surface area contributed by atoms with E-state index in [0.29, 0.717) is 12.5 Å². The highest BCUT2D eigenvalue weighted by Gasteiger charge is 2.50. The minimum atomic E-state index is -3.30. The van der Waals surface area contributed by atoms with Crippen molar-refractivity contribution < 1.29 is 23.0 Å². The maximum atomic E-state index is 12.9. The van der Waals surface area contributed by atoms with Crippen LogP contribution in [0.1, 0.15) is 19.3 Å². The maximum Gasteiger partial charge on any atom is 0.377 e. The zero-order valence-corrected chi connectivity index (χ0v) is 9.59. The second-order valence-electron chi connectivity index (χ2n) is 4.65. The van der Waals surface area contributed by atoms with Gasteiger partial charge in [0.15, 0.2) is 0 Å². The average molecular weight is 249 g/mol. The van der Waals surface area contributed by atoms with E-state index in [1.165, 1.54) is 0 Å². The van der Waals surface area contributed by atoms with Crippen LogP contribution in [0.15, 0.2) is 0 Å².